The molecule has 0 saturated carbocycles. The van der Waals surface area contributed by atoms with E-state index >= 15 is 0 Å². The maximum atomic E-state index is 10.4. The highest BCUT2D eigenvalue weighted by molar-refractivity contribution is 5.38. The number of hydrogen-bond donors (Lipinski definition) is 1. The first-order chi connectivity index (χ1) is 12.6. The molecule has 3 rings (SSSR count). The van der Waals surface area contributed by atoms with Crippen LogP contribution in [0.5, 0.6) is 5.75 Å². The molecule has 0 unspecified atom stereocenters. The number of nitrogens with zero attached hydrogens (tertiary/aromatic N) is 1. The van der Waals surface area contributed by atoms with Gasteiger partial charge in [-0.2, -0.15) is 0 Å². The highest BCUT2D eigenvalue weighted by Crippen LogP contribution is 2.23. The summed E-state index contributed by atoms with van der Waals surface area (Å²) in [6, 6.07) is 16.8. The van der Waals surface area contributed by atoms with Crippen LogP contribution >= 0.6 is 0 Å². The van der Waals surface area contributed by atoms with Gasteiger partial charge >= 0.3 is 0 Å². The number of β-amino-alcohol motifs (C(OH)–C–C–N with tert-alkyl or cyclic N) is 1. The van der Waals surface area contributed by atoms with Crippen molar-refractivity contribution in [2.75, 3.05) is 26.2 Å². The summed E-state index contributed by atoms with van der Waals surface area (Å²) in [6.07, 6.45) is 3.15. The summed E-state index contributed by atoms with van der Waals surface area (Å²) in [5, 5.41) is 10.4. The average molecular weight is 354 g/mol. The van der Waals surface area contributed by atoms with Gasteiger partial charge in [-0.1, -0.05) is 42.5 Å². The molecular weight excluding hydrogens is 322 g/mol. The van der Waals surface area contributed by atoms with Crippen LogP contribution in [0, 0.1) is 19.8 Å². The highest BCUT2D eigenvalue weighted by atomic mass is 16.5. The zero-order chi connectivity index (χ0) is 18.4. The lowest BCUT2D eigenvalue weighted by atomic mass is 9.90. The van der Waals surface area contributed by atoms with Crippen molar-refractivity contribution in [1.29, 1.82) is 0 Å². The molecule has 3 heteroatoms. The SMILES string of the molecule is Cc1cccc(OC[C@@H](O)CN2CCC(Cc3ccccc3)CC2)c1C. The number of aryl methyl sites for hydroxylation is 1. The lowest BCUT2D eigenvalue weighted by molar-refractivity contribution is 0.0548. The minimum absolute atomic E-state index is 0.355. The molecule has 0 aromatic heterocycles. The van der Waals surface area contributed by atoms with E-state index in [9.17, 15) is 5.11 Å². The van der Waals surface area contributed by atoms with Crippen LogP contribution in [0.3, 0.4) is 0 Å². The molecule has 2 aromatic carbocycles. The third-order valence-electron chi connectivity index (χ3n) is 5.53. The van der Waals surface area contributed by atoms with Crippen LogP contribution in [-0.2, 0) is 6.42 Å². The fourth-order valence-corrected chi connectivity index (χ4v) is 3.74. The lowest BCUT2D eigenvalue weighted by Gasteiger charge is -2.33. The Kier molecular flexibility index (Phi) is 6.70. The van der Waals surface area contributed by atoms with Crippen LogP contribution in [0.1, 0.15) is 29.5 Å². The first-order valence-corrected chi connectivity index (χ1v) is 9.75. The molecule has 3 nitrogen and oxygen atoms in total. The number of benzene rings is 2. The van der Waals surface area contributed by atoms with E-state index in [1.165, 1.54) is 30.4 Å². The molecule has 1 N–H and O–H groups in total. The zero-order valence-electron chi connectivity index (χ0n) is 16.0. The van der Waals surface area contributed by atoms with Gasteiger partial charge in [-0.3, -0.25) is 0 Å². The van der Waals surface area contributed by atoms with E-state index in [0.29, 0.717) is 13.2 Å². The van der Waals surface area contributed by atoms with Crippen molar-refractivity contribution in [3.05, 3.63) is 65.2 Å². The quantitative estimate of drug-likeness (QED) is 0.817. The van der Waals surface area contributed by atoms with E-state index in [4.69, 9.17) is 4.74 Å². The van der Waals surface area contributed by atoms with Gasteiger partial charge in [0.2, 0.25) is 0 Å². The Morgan fingerprint density at radius 1 is 1.04 bits per heavy atom. The summed E-state index contributed by atoms with van der Waals surface area (Å²) in [5.74, 6) is 1.64. The van der Waals surface area contributed by atoms with Gasteiger partial charge in [0, 0.05) is 6.54 Å². The predicted octanol–water partition coefficient (Wildman–Crippen LogP) is 4.00. The molecule has 26 heavy (non-hydrogen) atoms. The second kappa shape index (κ2) is 9.20. The Balaban J connectivity index is 1.39. The van der Waals surface area contributed by atoms with Crippen LogP contribution in [0.25, 0.3) is 0 Å². The van der Waals surface area contributed by atoms with E-state index in [2.05, 4.69) is 55.1 Å². The molecule has 0 aliphatic carbocycles. The Bertz CT molecular complexity index is 678. The minimum atomic E-state index is -0.444. The van der Waals surface area contributed by atoms with Gasteiger partial charge in [0.1, 0.15) is 18.5 Å². The summed E-state index contributed by atoms with van der Waals surface area (Å²) in [4.78, 5) is 2.37. The highest BCUT2D eigenvalue weighted by Gasteiger charge is 2.21. The fraction of sp³-hybridized carbons (Fsp3) is 0.478. The topological polar surface area (TPSA) is 32.7 Å². The van der Waals surface area contributed by atoms with Crippen LogP contribution in [-0.4, -0.2) is 42.4 Å². The van der Waals surface area contributed by atoms with Gasteiger partial charge in [-0.05, 0) is 74.9 Å². The van der Waals surface area contributed by atoms with Crippen molar-refractivity contribution >= 4 is 0 Å². The van der Waals surface area contributed by atoms with Gasteiger partial charge in [0.15, 0.2) is 0 Å². The number of rotatable bonds is 7. The third-order valence-corrected chi connectivity index (χ3v) is 5.53. The second-order valence-corrected chi connectivity index (χ2v) is 7.60. The Hall–Kier alpha value is -1.84. The van der Waals surface area contributed by atoms with Gasteiger partial charge in [-0.25, -0.2) is 0 Å². The molecule has 0 radical (unpaired) electrons. The van der Waals surface area contributed by atoms with Crippen molar-refractivity contribution in [3.63, 3.8) is 0 Å². The van der Waals surface area contributed by atoms with E-state index in [0.717, 1.165) is 30.3 Å². The number of ether oxygens (including phenoxy) is 1. The average Bonchev–Trinajstić information content (AvgIpc) is 2.65. The van der Waals surface area contributed by atoms with E-state index in [1.807, 2.05) is 12.1 Å². The largest absolute Gasteiger partial charge is 0.491 e. The predicted molar refractivity (Wildman–Crippen MR) is 107 cm³/mol. The summed E-state index contributed by atoms with van der Waals surface area (Å²) in [7, 11) is 0. The fourth-order valence-electron chi connectivity index (χ4n) is 3.74. The lowest BCUT2D eigenvalue weighted by Crippen LogP contribution is -2.41. The van der Waals surface area contributed by atoms with Gasteiger partial charge in [0.25, 0.3) is 0 Å². The maximum Gasteiger partial charge on any atom is 0.122 e. The molecule has 140 valence electrons. The van der Waals surface area contributed by atoms with Crippen LogP contribution < -0.4 is 4.74 Å². The first kappa shape index (κ1) is 18.9. The Labute approximate surface area is 157 Å². The molecule has 1 aliphatic rings. The number of aliphatic hydroxyl groups excluding tert-OH is 1. The van der Waals surface area contributed by atoms with E-state index in [1.54, 1.807) is 0 Å². The van der Waals surface area contributed by atoms with Crippen LogP contribution in [0.15, 0.2) is 48.5 Å². The van der Waals surface area contributed by atoms with Crippen molar-refractivity contribution in [1.82, 2.24) is 4.90 Å². The molecule has 1 saturated heterocycles. The summed E-state index contributed by atoms with van der Waals surface area (Å²) in [5.41, 5.74) is 3.81. The Morgan fingerprint density at radius 2 is 1.77 bits per heavy atom. The molecule has 2 aromatic rings. The minimum Gasteiger partial charge on any atom is -0.491 e. The molecule has 1 aliphatic heterocycles. The molecule has 0 spiro atoms. The second-order valence-electron chi connectivity index (χ2n) is 7.60. The van der Waals surface area contributed by atoms with Crippen LogP contribution in [0.2, 0.25) is 0 Å². The van der Waals surface area contributed by atoms with Crippen LogP contribution in [0.4, 0.5) is 0 Å². The van der Waals surface area contributed by atoms with Crippen molar-refractivity contribution in [2.24, 2.45) is 5.92 Å². The maximum absolute atomic E-state index is 10.4. The number of hydrogen-bond acceptors (Lipinski definition) is 3. The van der Waals surface area contributed by atoms with Crippen molar-refractivity contribution in [3.8, 4) is 5.75 Å². The normalized spacial score (nSPS) is 17.2. The zero-order valence-corrected chi connectivity index (χ0v) is 16.0. The summed E-state index contributed by atoms with van der Waals surface area (Å²) < 4.78 is 5.84. The van der Waals surface area contributed by atoms with Crippen molar-refractivity contribution < 1.29 is 9.84 Å². The number of likely N-dealkylation sites (tertiary alicyclic amines) is 1. The van der Waals surface area contributed by atoms with Gasteiger partial charge in [0.05, 0.1) is 0 Å². The molecular formula is C23H31NO2. The smallest absolute Gasteiger partial charge is 0.122 e. The van der Waals surface area contributed by atoms with E-state index in [-0.39, 0.29) is 0 Å². The molecule has 1 fully saturated rings. The van der Waals surface area contributed by atoms with Gasteiger partial charge < -0.3 is 14.7 Å². The molecule has 1 heterocycles. The van der Waals surface area contributed by atoms with Gasteiger partial charge in [-0.15, -0.1) is 0 Å². The Morgan fingerprint density at radius 3 is 2.50 bits per heavy atom. The third kappa shape index (κ3) is 5.33. The first-order valence-electron chi connectivity index (χ1n) is 9.75. The molecule has 0 bridgehead atoms. The van der Waals surface area contributed by atoms with Crippen molar-refractivity contribution in [2.45, 2.75) is 39.2 Å². The van der Waals surface area contributed by atoms with E-state index < -0.39 is 6.10 Å². The molecule has 0 amide bonds. The standard InChI is InChI=1S/C23H31NO2/c1-18-7-6-10-23(19(18)2)26-17-22(25)16-24-13-11-21(12-14-24)15-20-8-4-3-5-9-20/h3-10,21-22,25H,11-17H2,1-2H3/t22-/m0/s1. The number of aliphatic hydroxyl groups is 1. The number of piperidine rings is 1. The summed E-state index contributed by atoms with van der Waals surface area (Å²) >= 11 is 0. The molecule has 1 atom stereocenters. The summed E-state index contributed by atoms with van der Waals surface area (Å²) in [6.45, 7) is 7.33. The monoisotopic (exact) mass is 353 g/mol.